The molecular formula is C10H12N2O2. The lowest BCUT2D eigenvalue weighted by molar-refractivity contribution is 0.0519. The molecule has 14 heavy (non-hydrogen) atoms. The van der Waals surface area contributed by atoms with Gasteiger partial charge >= 0.3 is 5.97 Å². The van der Waals surface area contributed by atoms with Crippen LogP contribution in [0.4, 0.5) is 0 Å². The highest BCUT2D eigenvalue weighted by Gasteiger charge is 2.14. The first-order valence-electron chi connectivity index (χ1n) is 4.41. The van der Waals surface area contributed by atoms with Crippen molar-refractivity contribution < 1.29 is 9.53 Å². The van der Waals surface area contributed by atoms with Crippen molar-refractivity contribution in [2.45, 2.75) is 20.3 Å². The topological polar surface area (TPSA) is 65.9 Å². The van der Waals surface area contributed by atoms with Crippen molar-refractivity contribution in [2.24, 2.45) is 0 Å². The van der Waals surface area contributed by atoms with Crippen LogP contribution in [0.2, 0.25) is 0 Å². The SMILES string of the molecule is CCOC(=O)c1[nH]c(C)cc1CC#N. The van der Waals surface area contributed by atoms with Gasteiger partial charge in [-0.15, -0.1) is 0 Å². The molecule has 1 N–H and O–H groups in total. The Kier molecular flexibility index (Phi) is 3.29. The van der Waals surface area contributed by atoms with Crippen LogP contribution in [0.15, 0.2) is 6.07 Å². The number of esters is 1. The van der Waals surface area contributed by atoms with Crippen LogP contribution in [0.1, 0.15) is 28.7 Å². The van der Waals surface area contributed by atoms with Crippen LogP contribution in [0.25, 0.3) is 0 Å². The van der Waals surface area contributed by atoms with Crippen molar-refractivity contribution in [3.8, 4) is 6.07 Å². The highest BCUT2D eigenvalue weighted by Crippen LogP contribution is 2.12. The van der Waals surface area contributed by atoms with Gasteiger partial charge < -0.3 is 9.72 Å². The third kappa shape index (κ3) is 2.13. The molecule has 0 aliphatic rings. The number of carbonyl (C=O) groups excluding carboxylic acids is 1. The summed E-state index contributed by atoms with van der Waals surface area (Å²) in [6, 6.07) is 3.79. The molecule has 0 bridgehead atoms. The average Bonchev–Trinajstić information content (AvgIpc) is 2.48. The van der Waals surface area contributed by atoms with E-state index in [9.17, 15) is 4.79 Å². The van der Waals surface area contributed by atoms with Gasteiger partial charge in [0.25, 0.3) is 0 Å². The number of ether oxygens (including phenoxy) is 1. The van der Waals surface area contributed by atoms with E-state index < -0.39 is 5.97 Å². The number of aryl methyl sites for hydroxylation is 1. The number of rotatable bonds is 3. The van der Waals surface area contributed by atoms with Crippen LogP contribution >= 0.6 is 0 Å². The first-order valence-corrected chi connectivity index (χ1v) is 4.41. The number of nitrogens with zero attached hydrogens (tertiary/aromatic N) is 1. The van der Waals surface area contributed by atoms with E-state index in [0.717, 1.165) is 5.69 Å². The van der Waals surface area contributed by atoms with Crippen LogP contribution in [0, 0.1) is 18.3 Å². The van der Waals surface area contributed by atoms with Crippen LogP contribution in [0.5, 0.6) is 0 Å². The molecule has 1 aromatic rings. The van der Waals surface area contributed by atoms with E-state index in [1.807, 2.05) is 13.0 Å². The Morgan fingerprint density at radius 1 is 1.71 bits per heavy atom. The molecule has 0 aliphatic carbocycles. The molecule has 4 heteroatoms. The van der Waals surface area contributed by atoms with Gasteiger partial charge in [0.05, 0.1) is 19.1 Å². The maximum absolute atomic E-state index is 11.4. The molecule has 0 aromatic carbocycles. The lowest BCUT2D eigenvalue weighted by Crippen LogP contribution is -2.07. The third-order valence-electron chi connectivity index (χ3n) is 1.78. The molecule has 0 unspecified atom stereocenters. The minimum atomic E-state index is -0.397. The predicted octanol–water partition coefficient (Wildman–Crippen LogP) is 1.57. The number of hydrogen-bond acceptors (Lipinski definition) is 3. The van der Waals surface area contributed by atoms with E-state index in [2.05, 4.69) is 4.98 Å². The van der Waals surface area contributed by atoms with Gasteiger partial charge in [0.2, 0.25) is 0 Å². The molecule has 0 saturated carbocycles. The summed E-state index contributed by atoms with van der Waals surface area (Å²) in [4.78, 5) is 14.3. The van der Waals surface area contributed by atoms with Gasteiger partial charge in [-0.25, -0.2) is 4.79 Å². The summed E-state index contributed by atoms with van der Waals surface area (Å²) >= 11 is 0. The molecule has 0 amide bonds. The van der Waals surface area contributed by atoms with Gasteiger partial charge in [0.15, 0.2) is 0 Å². The molecular weight excluding hydrogens is 180 g/mol. The number of nitrogens with one attached hydrogen (secondary N) is 1. The summed E-state index contributed by atoms with van der Waals surface area (Å²) in [7, 11) is 0. The lowest BCUT2D eigenvalue weighted by atomic mass is 10.2. The summed E-state index contributed by atoms with van der Waals surface area (Å²) in [5, 5.41) is 8.55. The number of hydrogen-bond donors (Lipinski definition) is 1. The number of carbonyl (C=O) groups is 1. The van der Waals surface area contributed by atoms with Gasteiger partial charge in [-0.05, 0) is 25.5 Å². The third-order valence-corrected chi connectivity index (χ3v) is 1.78. The Hall–Kier alpha value is -1.76. The van der Waals surface area contributed by atoms with Crippen molar-refractivity contribution in [3.05, 3.63) is 23.0 Å². The summed E-state index contributed by atoms with van der Waals surface area (Å²) in [6.45, 7) is 3.92. The van der Waals surface area contributed by atoms with E-state index in [1.54, 1.807) is 13.0 Å². The number of aromatic amines is 1. The molecule has 0 fully saturated rings. The zero-order valence-electron chi connectivity index (χ0n) is 8.26. The maximum Gasteiger partial charge on any atom is 0.355 e. The predicted molar refractivity (Wildman–Crippen MR) is 50.8 cm³/mol. The molecule has 0 radical (unpaired) electrons. The second-order valence-electron chi connectivity index (χ2n) is 2.91. The maximum atomic E-state index is 11.4. The van der Waals surface area contributed by atoms with E-state index in [1.165, 1.54) is 0 Å². The van der Waals surface area contributed by atoms with Crippen LogP contribution < -0.4 is 0 Å². The Balaban J connectivity index is 2.95. The standard InChI is InChI=1S/C10H12N2O2/c1-3-14-10(13)9-8(4-5-11)6-7(2)12-9/h6,12H,3-4H2,1-2H3. The second kappa shape index (κ2) is 4.47. The fourth-order valence-corrected chi connectivity index (χ4v) is 1.26. The first kappa shape index (κ1) is 10.3. The fraction of sp³-hybridized carbons (Fsp3) is 0.400. The fourth-order valence-electron chi connectivity index (χ4n) is 1.26. The number of nitriles is 1. The molecule has 1 aromatic heterocycles. The van der Waals surface area contributed by atoms with Crippen molar-refractivity contribution in [3.63, 3.8) is 0 Å². The Morgan fingerprint density at radius 2 is 2.43 bits per heavy atom. The summed E-state index contributed by atoms with van der Waals surface area (Å²) < 4.78 is 4.85. The molecule has 0 saturated heterocycles. The van der Waals surface area contributed by atoms with Gasteiger partial charge in [0.1, 0.15) is 5.69 Å². The highest BCUT2D eigenvalue weighted by molar-refractivity contribution is 5.89. The van der Waals surface area contributed by atoms with E-state index in [4.69, 9.17) is 10.00 Å². The monoisotopic (exact) mass is 192 g/mol. The molecule has 4 nitrogen and oxygen atoms in total. The average molecular weight is 192 g/mol. The Bertz CT molecular complexity index is 374. The van der Waals surface area contributed by atoms with Gasteiger partial charge in [-0.3, -0.25) is 0 Å². The highest BCUT2D eigenvalue weighted by atomic mass is 16.5. The van der Waals surface area contributed by atoms with E-state index >= 15 is 0 Å². The van der Waals surface area contributed by atoms with Crippen LogP contribution in [-0.2, 0) is 11.2 Å². The molecule has 0 aliphatic heterocycles. The molecule has 0 atom stereocenters. The summed E-state index contributed by atoms with van der Waals surface area (Å²) in [5.74, 6) is -0.397. The molecule has 1 heterocycles. The molecule has 0 spiro atoms. The van der Waals surface area contributed by atoms with Crippen LogP contribution in [-0.4, -0.2) is 17.6 Å². The normalized spacial score (nSPS) is 9.50. The second-order valence-corrected chi connectivity index (χ2v) is 2.91. The van der Waals surface area contributed by atoms with Crippen molar-refractivity contribution >= 4 is 5.97 Å². The zero-order chi connectivity index (χ0) is 10.6. The van der Waals surface area contributed by atoms with Gasteiger partial charge in [-0.2, -0.15) is 5.26 Å². The Morgan fingerprint density at radius 3 is 3.00 bits per heavy atom. The smallest absolute Gasteiger partial charge is 0.355 e. The lowest BCUT2D eigenvalue weighted by Gasteiger charge is -2.00. The van der Waals surface area contributed by atoms with E-state index in [-0.39, 0.29) is 6.42 Å². The quantitative estimate of drug-likeness (QED) is 0.739. The number of H-pyrrole nitrogens is 1. The van der Waals surface area contributed by atoms with Gasteiger partial charge in [0, 0.05) is 5.69 Å². The number of aromatic nitrogens is 1. The summed E-state index contributed by atoms with van der Waals surface area (Å²) in [5.41, 5.74) is 1.95. The first-order chi connectivity index (χ1) is 6.69. The molecule has 1 rings (SSSR count). The van der Waals surface area contributed by atoms with Crippen molar-refractivity contribution in [2.75, 3.05) is 6.61 Å². The minimum absolute atomic E-state index is 0.221. The van der Waals surface area contributed by atoms with E-state index in [0.29, 0.717) is 17.9 Å². The summed E-state index contributed by atoms with van der Waals surface area (Å²) in [6.07, 6.45) is 0.221. The molecule has 74 valence electrons. The van der Waals surface area contributed by atoms with Crippen molar-refractivity contribution in [1.29, 1.82) is 5.26 Å². The minimum Gasteiger partial charge on any atom is -0.461 e. The van der Waals surface area contributed by atoms with Crippen molar-refractivity contribution in [1.82, 2.24) is 4.98 Å². The largest absolute Gasteiger partial charge is 0.461 e. The Labute approximate surface area is 82.5 Å². The van der Waals surface area contributed by atoms with Crippen LogP contribution in [0.3, 0.4) is 0 Å². The zero-order valence-corrected chi connectivity index (χ0v) is 8.26. The van der Waals surface area contributed by atoms with Gasteiger partial charge in [-0.1, -0.05) is 0 Å².